The van der Waals surface area contributed by atoms with Gasteiger partial charge in [0.05, 0.1) is 4.90 Å². The van der Waals surface area contributed by atoms with Crippen LogP contribution in [-0.2, 0) is 27.6 Å². The Kier molecular flexibility index (Phi) is 3.60. The average Bonchev–Trinajstić information content (AvgIpc) is 2.47. The summed E-state index contributed by atoms with van der Waals surface area (Å²) in [6, 6.07) is 5.58. The Labute approximate surface area is 114 Å². The van der Waals surface area contributed by atoms with Crippen LogP contribution in [0.3, 0.4) is 0 Å². The number of nitrogens with zero attached hydrogens (tertiary/aromatic N) is 1. The zero-order chi connectivity index (χ0) is 13.3. The van der Waals surface area contributed by atoms with Crippen LogP contribution in [0.25, 0.3) is 0 Å². The van der Waals surface area contributed by atoms with Crippen molar-refractivity contribution in [2.75, 3.05) is 19.9 Å². The van der Waals surface area contributed by atoms with Gasteiger partial charge in [-0.05, 0) is 55.4 Å². The second-order valence-electron chi connectivity index (χ2n) is 5.21. The standard InChI is InChI=1S/C14H19NO3S/c16-19(17,15-8-3-9-18-11-15)14-7-6-12-4-1-2-5-13(12)10-14/h6-7,10H,1-5,8-9,11H2. The van der Waals surface area contributed by atoms with E-state index in [1.54, 1.807) is 6.07 Å². The number of hydrogen-bond donors (Lipinski definition) is 0. The van der Waals surface area contributed by atoms with Gasteiger partial charge in [-0.25, -0.2) is 8.42 Å². The van der Waals surface area contributed by atoms with E-state index in [9.17, 15) is 8.42 Å². The molecule has 1 aliphatic carbocycles. The van der Waals surface area contributed by atoms with Crippen LogP contribution in [0.4, 0.5) is 0 Å². The third-order valence-electron chi connectivity index (χ3n) is 3.89. The summed E-state index contributed by atoms with van der Waals surface area (Å²) in [7, 11) is -3.39. The zero-order valence-electron chi connectivity index (χ0n) is 11.0. The second kappa shape index (κ2) is 5.23. The first-order valence-electron chi connectivity index (χ1n) is 6.87. The molecule has 19 heavy (non-hydrogen) atoms. The van der Waals surface area contributed by atoms with Crippen LogP contribution in [0.5, 0.6) is 0 Å². The van der Waals surface area contributed by atoms with Crippen LogP contribution in [0, 0.1) is 0 Å². The predicted octanol–water partition coefficient (Wildman–Crippen LogP) is 1.93. The fraction of sp³-hybridized carbons (Fsp3) is 0.571. The molecule has 1 fully saturated rings. The third-order valence-corrected chi connectivity index (χ3v) is 5.71. The smallest absolute Gasteiger partial charge is 0.245 e. The Hall–Kier alpha value is -0.910. The summed E-state index contributed by atoms with van der Waals surface area (Å²) in [5, 5.41) is 0. The van der Waals surface area contributed by atoms with E-state index in [-0.39, 0.29) is 6.73 Å². The maximum absolute atomic E-state index is 12.5. The van der Waals surface area contributed by atoms with E-state index in [2.05, 4.69) is 0 Å². The maximum atomic E-state index is 12.5. The lowest BCUT2D eigenvalue weighted by Gasteiger charge is -2.26. The van der Waals surface area contributed by atoms with Crippen molar-refractivity contribution in [1.29, 1.82) is 0 Å². The number of rotatable bonds is 2. The van der Waals surface area contributed by atoms with E-state index in [0.29, 0.717) is 18.0 Å². The maximum Gasteiger partial charge on any atom is 0.245 e. The van der Waals surface area contributed by atoms with E-state index in [0.717, 1.165) is 25.7 Å². The van der Waals surface area contributed by atoms with Gasteiger partial charge in [0.15, 0.2) is 0 Å². The SMILES string of the molecule is O=S(=O)(c1ccc2c(c1)CCCC2)N1CCCOC1. The van der Waals surface area contributed by atoms with Crippen LogP contribution in [0.1, 0.15) is 30.4 Å². The molecule has 0 radical (unpaired) electrons. The van der Waals surface area contributed by atoms with Crippen molar-refractivity contribution >= 4 is 10.0 Å². The Balaban J connectivity index is 1.92. The highest BCUT2D eigenvalue weighted by Crippen LogP contribution is 2.26. The summed E-state index contributed by atoms with van der Waals surface area (Å²) in [6.45, 7) is 1.38. The lowest BCUT2D eigenvalue weighted by molar-refractivity contribution is 0.0313. The molecular weight excluding hydrogens is 262 g/mol. The highest BCUT2D eigenvalue weighted by atomic mass is 32.2. The molecule has 3 rings (SSSR count). The van der Waals surface area contributed by atoms with Crippen LogP contribution < -0.4 is 0 Å². The summed E-state index contributed by atoms with van der Waals surface area (Å²) in [5.41, 5.74) is 2.50. The van der Waals surface area contributed by atoms with Gasteiger partial charge in [-0.3, -0.25) is 0 Å². The molecule has 0 N–H and O–H groups in total. The van der Waals surface area contributed by atoms with Crippen molar-refractivity contribution in [3.63, 3.8) is 0 Å². The van der Waals surface area contributed by atoms with Crippen molar-refractivity contribution in [1.82, 2.24) is 4.31 Å². The van der Waals surface area contributed by atoms with Crippen LogP contribution in [0.2, 0.25) is 0 Å². The fourth-order valence-electron chi connectivity index (χ4n) is 2.78. The Morgan fingerprint density at radius 3 is 2.58 bits per heavy atom. The van der Waals surface area contributed by atoms with E-state index in [1.807, 2.05) is 12.1 Å². The number of benzene rings is 1. The Morgan fingerprint density at radius 2 is 1.84 bits per heavy atom. The van der Waals surface area contributed by atoms with Gasteiger partial charge in [-0.15, -0.1) is 0 Å². The molecule has 104 valence electrons. The number of hydrogen-bond acceptors (Lipinski definition) is 3. The highest BCUT2D eigenvalue weighted by Gasteiger charge is 2.27. The summed E-state index contributed by atoms with van der Waals surface area (Å²) in [5.74, 6) is 0. The monoisotopic (exact) mass is 281 g/mol. The molecule has 0 aromatic heterocycles. The summed E-state index contributed by atoms with van der Waals surface area (Å²) in [6.07, 6.45) is 5.20. The predicted molar refractivity (Wildman–Crippen MR) is 72.4 cm³/mol. The molecule has 4 nitrogen and oxygen atoms in total. The molecule has 1 saturated heterocycles. The minimum atomic E-state index is -3.39. The minimum absolute atomic E-state index is 0.180. The van der Waals surface area contributed by atoms with Gasteiger partial charge >= 0.3 is 0 Å². The molecule has 0 atom stereocenters. The zero-order valence-corrected chi connectivity index (χ0v) is 11.8. The summed E-state index contributed by atoms with van der Waals surface area (Å²) < 4.78 is 31.7. The molecular formula is C14H19NO3S. The molecule has 1 aromatic carbocycles. The lowest BCUT2D eigenvalue weighted by atomic mass is 9.92. The van der Waals surface area contributed by atoms with Crippen molar-refractivity contribution in [3.05, 3.63) is 29.3 Å². The molecule has 1 heterocycles. The molecule has 0 unspecified atom stereocenters. The van der Waals surface area contributed by atoms with Gasteiger partial charge < -0.3 is 4.74 Å². The van der Waals surface area contributed by atoms with Gasteiger partial charge in [0, 0.05) is 13.2 Å². The van der Waals surface area contributed by atoms with Gasteiger partial charge in [-0.1, -0.05) is 6.07 Å². The van der Waals surface area contributed by atoms with Gasteiger partial charge in [0.2, 0.25) is 10.0 Å². The second-order valence-corrected chi connectivity index (χ2v) is 7.15. The molecule has 1 aromatic rings. The Morgan fingerprint density at radius 1 is 1.05 bits per heavy atom. The average molecular weight is 281 g/mol. The third kappa shape index (κ3) is 2.55. The van der Waals surface area contributed by atoms with Crippen molar-refractivity contribution in [2.24, 2.45) is 0 Å². The normalized spacial score (nSPS) is 21.1. The summed E-state index contributed by atoms with van der Waals surface area (Å²) in [4.78, 5) is 0.415. The van der Waals surface area contributed by atoms with E-state index >= 15 is 0 Å². The minimum Gasteiger partial charge on any atom is -0.365 e. The van der Waals surface area contributed by atoms with Crippen LogP contribution in [0.15, 0.2) is 23.1 Å². The molecule has 1 aliphatic heterocycles. The fourth-order valence-corrected chi connectivity index (χ4v) is 4.19. The van der Waals surface area contributed by atoms with Crippen LogP contribution in [-0.4, -0.2) is 32.6 Å². The van der Waals surface area contributed by atoms with Gasteiger partial charge in [0.25, 0.3) is 0 Å². The quantitative estimate of drug-likeness (QED) is 0.832. The molecule has 5 heteroatoms. The van der Waals surface area contributed by atoms with E-state index in [4.69, 9.17) is 4.74 Å². The van der Waals surface area contributed by atoms with E-state index < -0.39 is 10.0 Å². The number of sulfonamides is 1. The number of fused-ring (bicyclic) bond motifs is 1. The van der Waals surface area contributed by atoms with Gasteiger partial charge in [0.1, 0.15) is 6.73 Å². The molecule has 0 amide bonds. The van der Waals surface area contributed by atoms with Crippen LogP contribution >= 0.6 is 0 Å². The lowest BCUT2D eigenvalue weighted by Crippen LogP contribution is -2.38. The topological polar surface area (TPSA) is 46.6 Å². The number of aryl methyl sites for hydroxylation is 2. The largest absolute Gasteiger partial charge is 0.365 e. The molecule has 2 aliphatic rings. The van der Waals surface area contributed by atoms with E-state index in [1.165, 1.54) is 21.9 Å². The molecule has 0 bridgehead atoms. The van der Waals surface area contributed by atoms with Crippen molar-refractivity contribution in [3.8, 4) is 0 Å². The van der Waals surface area contributed by atoms with Crippen molar-refractivity contribution in [2.45, 2.75) is 37.0 Å². The summed E-state index contributed by atoms with van der Waals surface area (Å²) >= 11 is 0. The first kappa shape index (κ1) is 13.1. The van der Waals surface area contributed by atoms with Crippen molar-refractivity contribution < 1.29 is 13.2 Å². The Bertz CT molecular complexity index is 562. The number of ether oxygens (including phenoxy) is 1. The first-order valence-corrected chi connectivity index (χ1v) is 8.32. The molecule has 0 spiro atoms. The first-order chi connectivity index (χ1) is 9.18. The molecule has 0 saturated carbocycles. The van der Waals surface area contributed by atoms with Gasteiger partial charge in [-0.2, -0.15) is 4.31 Å². The highest BCUT2D eigenvalue weighted by molar-refractivity contribution is 7.89.